The molecule has 0 bridgehead atoms. The summed E-state index contributed by atoms with van der Waals surface area (Å²) in [6.45, 7) is 1.20. The molecule has 2 fully saturated rings. The van der Waals surface area contributed by atoms with Crippen molar-refractivity contribution in [2.24, 2.45) is 11.1 Å². The van der Waals surface area contributed by atoms with Gasteiger partial charge in [0.05, 0.1) is 5.56 Å². The molecule has 0 saturated carbocycles. The lowest BCUT2D eigenvalue weighted by Crippen LogP contribution is -2.38. The first-order valence-corrected chi connectivity index (χ1v) is 10.8. The van der Waals surface area contributed by atoms with Gasteiger partial charge in [-0.1, -0.05) is 0 Å². The summed E-state index contributed by atoms with van der Waals surface area (Å²) in [6, 6.07) is 2.06. The fraction of sp³-hybridized carbons (Fsp3) is 0.625. The molecule has 2 saturated heterocycles. The van der Waals surface area contributed by atoms with Crippen molar-refractivity contribution >= 4 is 15.7 Å². The van der Waals surface area contributed by atoms with Crippen LogP contribution in [0.2, 0.25) is 0 Å². The van der Waals surface area contributed by atoms with Gasteiger partial charge in [-0.25, -0.2) is 24.4 Å². The molecule has 13 heteroatoms. The van der Waals surface area contributed by atoms with Gasteiger partial charge in [-0.3, -0.25) is 0 Å². The molecule has 0 aliphatic carbocycles. The van der Waals surface area contributed by atoms with Crippen LogP contribution in [0.1, 0.15) is 43.0 Å². The van der Waals surface area contributed by atoms with E-state index in [1.54, 1.807) is 0 Å². The second-order valence-electron chi connectivity index (χ2n) is 7.21. The molecular formula is C16H25F3N6O3S. The van der Waals surface area contributed by atoms with E-state index in [9.17, 15) is 21.6 Å². The first-order chi connectivity index (χ1) is 13.6. The van der Waals surface area contributed by atoms with Crippen molar-refractivity contribution in [1.82, 2.24) is 21.9 Å². The number of benzene rings is 1. The summed E-state index contributed by atoms with van der Waals surface area (Å²) in [5.74, 6) is 0.254. The Morgan fingerprint density at radius 2 is 1.93 bits per heavy atom. The Morgan fingerprint density at radius 1 is 1.24 bits per heavy atom. The standard InChI is InChI=1S/C16H25F3N6O3S/c17-16(18,19)11-5-6-12(25-7-1-3-10(9-25)4-2-8-26)13(14(11)29(20,27)28)15-21-23-24-22-15/h5-6,10,15,21-24,26H,1-4,7-9H2,(H2,20,27,28). The molecule has 1 aromatic rings. The van der Waals surface area contributed by atoms with Gasteiger partial charge in [0.1, 0.15) is 11.1 Å². The lowest BCUT2D eigenvalue weighted by molar-refractivity contribution is -0.140. The minimum absolute atomic E-state index is 0.0743. The van der Waals surface area contributed by atoms with Crippen LogP contribution >= 0.6 is 0 Å². The highest BCUT2D eigenvalue weighted by Crippen LogP contribution is 2.42. The molecule has 29 heavy (non-hydrogen) atoms. The predicted molar refractivity (Wildman–Crippen MR) is 99.4 cm³/mol. The average molecular weight is 438 g/mol. The van der Waals surface area contributed by atoms with Crippen LogP contribution in [0.15, 0.2) is 17.0 Å². The van der Waals surface area contributed by atoms with E-state index in [0.717, 1.165) is 25.3 Å². The summed E-state index contributed by atoms with van der Waals surface area (Å²) >= 11 is 0. The van der Waals surface area contributed by atoms with E-state index >= 15 is 0 Å². The van der Waals surface area contributed by atoms with E-state index in [1.165, 1.54) is 6.07 Å². The molecule has 7 N–H and O–H groups in total. The van der Waals surface area contributed by atoms with E-state index in [-0.39, 0.29) is 18.1 Å². The molecule has 9 nitrogen and oxygen atoms in total. The third kappa shape index (κ3) is 4.99. The van der Waals surface area contributed by atoms with Gasteiger partial charge in [0, 0.05) is 30.9 Å². The van der Waals surface area contributed by atoms with Gasteiger partial charge in [-0.05, 0) is 43.7 Å². The minimum Gasteiger partial charge on any atom is -0.396 e. The van der Waals surface area contributed by atoms with Crippen molar-refractivity contribution in [3.63, 3.8) is 0 Å². The Balaban J connectivity index is 2.12. The number of anilines is 1. The van der Waals surface area contributed by atoms with Crippen LogP contribution in [-0.4, -0.2) is 33.2 Å². The number of alkyl halides is 3. The summed E-state index contributed by atoms with van der Waals surface area (Å²) in [6.07, 6.45) is -2.67. The zero-order valence-electron chi connectivity index (χ0n) is 15.6. The third-order valence-corrected chi connectivity index (χ3v) is 6.19. The number of piperidine rings is 1. The fourth-order valence-electron chi connectivity index (χ4n) is 3.97. The number of sulfonamides is 1. The van der Waals surface area contributed by atoms with E-state index in [1.807, 2.05) is 4.90 Å². The molecule has 2 aliphatic rings. The third-order valence-electron chi connectivity index (χ3n) is 5.18. The number of rotatable bonds is 6. The number of hydrogen-bond donors (Lipinski definition) is 6. The maximum atomic E-state index is 13.6. The SMILES string of the molecule is NS(=O)(=O)c1c(C(F)(F)F)ccc(N2CCCC(CCCO)C2)c1C1NNNN1. The van der Waals surface area contributed by atoms with Gasteiger partial charge in [0.2, 0.25) is 10.0 Å². The fourth-order valence-corrected chi connectivity index (χ4v) is 4.99. The summed E-state index contributed by atoms with van der Waals surface area (Å²) in [4.78, 5) is 0.938. The van der Waals surface area contributed by atoms with Crippen molar-refractivity contribution in [3.05, 3.63) is 23.3 Å². The first-order valence-electron chi connectivity index (χ1n) is 9.26. The van der Waals surface area contributed by atoms with Gasteiger partial charge >= 0.3 is 6.18 Å². The van der Waals surface area contributed by atoms with Gasteiger partial charge in [-0.15, -0.1) is 0 Å². The predicted octanol–water partition coefficient (Wildman–Crippen LogP) is 0.457. The van der Waals surface area contributed by atoms with Crippen molar-refractivity contribution < 1.29 is 26.7 Å². The maximum absolute atomic E-state index is 13.6. The smallest absolute Gasteiger partial charge is 0.396 e. The zero-order valence-corrected chi connectivity index (χ0v) is 16.4. The van der Waals surface area contributed by atoms with Crippen LogP contribution in [0.4, 0.5) is 18.9 Å². The molecule has 164 valence electrons. The number of hydrogen-bond acceptors (Lipinski definition) is 8. The number of nitrogens with one attached hydrogen (secondary N) is 4. The first kappa shape index (κ1) is 22.2. The lowest BCUT2D eigenvalue weighted by Gasteiger charge is -2.37. The zero-order chi connectivity index (χ0) is 21.2. The molecular weight excluding hydrogens is 413 g/mol. The monoisotopic (exact) mass is 438 g/mol. The number of aliphatic hydroxyl groups is 1. The van der Waals surface area contributed by atoms with Crippen molar-refractivity contribution in [3.8, 4) is 0 Å². The molecule has 2 aliphatic heterocycles. The summed E-state index contributed by atoms with van der Waals surface area (Å²) < 4.78 is 65.3. The molecule has 0 aromatic heterocycles. The summed E-state index contributed by atoms with van der Waals surface area (Å²) in [5, 5.41) is 14.3. The molecule has 1 atom stereocenters. The molecule has 1 unspecified atom stereocenters. The largest absolute Gasteiger partial charge is 0.417 e. The molecule has 0 spiro atoms. The van der Waals surface area contributed by atoms with E-state index in [0.29, 0.717) is 25.2 Å². The Hall–Kier alpha value is -1.48. The van der Waals surface area contributed by atoms with E-state index < -0.39 is 32.8 Å². The Kier molecular flexibility index (Phi) is 6.67. The summed E-state index contributed by atoms with van der Waals surface area (Å²) in [5.41, 5.74) is 9.31. The van der Waals surface area contributed by atoms with Crippen molar-refractivity contribution in [1.29, 1.82) is 0 Å². The second-order valence-corrected chi connectivity index (χ2v) is 8.71. The topological polar surface area (TPSA) is 132 Å². The van der Waals surface area contributed by atoms with Crippen molar-refractivity contribution in [2.45, 2.75) is 42.9 Å². The molecule has 0 amide bonds. The van der Waals surface area contributed by atoms with Crippen LogP contribution in [0.3, 0.4) is 0 Å². The highest BCUT2D eigenvalue weighted by molar-refractivity contribution is 7.89. The lowest BCUT2D eigenvalue weighted by atomic mass is 9.92. The van der Waals surface area contributed by atoms with E-state index in [4.69, 9.17) is 10.2 Å². The van der Waals surface area contributed by atoms with Gasteiger partial charge in [0.15, 0.2) is 0 Å². The Labute approximate surface area is 166 Å². The van der Waals surface area contributed by atoms with Crippen LogP contribution < -0.4 is 32.0 Å². The molecule has 0 radical (unpaired) electrons. The van der Waals surface area contributed by atoms with Crippen LogP contribution in [0, 0.1) is 5.92 Å². The summed E-state index contributed by atoms with van der Waals surface area (Å²) in [7, 11) is -4.69. The Bertz CT molecular complexity index is 830. The molecule has 2 heterocycles. The number of halogens is 3. The second kappa shape index (κ2) is 8.71. The number of primary sulfonamides is 1. The number of hydrazine groups is 3. The Morgan fingerprint density at radius 3 is 2.52 bits per heavy atom. The normalized spacial score (nSPS) is 21.7. The van der Waals surface area contributed by atoms with Gasteiger partial charge in [-0.2, -0.15) is 24.2 Å². The number of nitrogens with zero attached hydrogens (tertiary/aromatic N) is 1. The minimum atomic E-state index is -4.89. The van der Waals surface area contributed by atoms with Gasteiger partial charge < -0.3 is 10.0 Å². The highest BCUT2D eigenvalue weighted by Gasteiger charge is 2.41. The van der Waals surface area contributed by atoms with Gasteiger partial charge in [0.25, 0.3) is 0 Å². The van der Waals surface area contributed by atoms with Crippen LogP contribution in [0.5, 0.6) is 0 Å². The number of nitrogens with two attached hydrogens (primary N) is 1. The number of aliphatic hydroxyl groups excluding tert-OH is 1. The van der Waals surface area contributed by atoms with Crippen LogP contribution in [0.25, 0.3) is 0 Å². The van der Waals surface area contributed by atoms with Crippen LogP contribution in [-0.2, 0) is 16.2 Å². The van der Waals surface area contributed by atoms with Crippen molar-refractivity contribution in [2.75, 3.05) is 24.6 Å². The van der Waals surface area contributed by atoms with E-state index in [2.05, 4.69) is 21.9 Å². The maximum Gasteiger partial charge on any atom is 0.417 e. The highest BCUT2D eigenvalue weighted by atomic mass is 32.2. The molecule has 3 rings (SSSR count). The average Bonchev–Trinajstić information content (AvgIpc) is 3.18. The quantitative estimate of drug-likeness (QED) is 0.378. The molecule has 1 aromatic carbocycles.